The fourth-order valence-electron chi connectivity index (χ4n) is 2.29. The summed E-state index contributed by atoms with van der Waals surface area (Å²) in [4.78, 5) is 14.4. The monoisotopic (exact) mass is 547 g/mol. The van der Waals surface area contributed by atoms with Crippen molar-refractivity contribution >= 4 is 16.7 Å². The SMILES string of the molecule is CC(=O)/C=C(/C)O.Cc1cc[c-]c(-c2ccc3cc(F)c(F)cc3n2)c1.[Ir]. The van der Waals surface area contributed by atoms with E-state index in [0.29, 0.717) is 16.6 Å². The predicted molar refractivity (Wildman–Crippen MR) is 97.7 cm³/mol. The van der Waals surface area contributed by atoms with Gasteiger partial charge in [0.1, 0.15) is 0 Å². The molecule has 0 unspecified atom stereocenters. The maximum absolute atomic E-state index is 13.2. The van der Waals surface area contributed by atoms with E-state index in [-0.39, 0.29) is 31.6 Å². The van der Waals surface area contributed by atoms with Crippen LogP contribution in [0.4, 0.5) is 8.78 Å². The molecule has 0 spiro atoms. The number of fused-ring (bicyclic) bond motifs is 1. The number of hydrogen-bond donors (Lipinski definition) is 1. The Labute approximate surface area is 170 Å². The van der Waals surface area contributed by atoms with Gasteiger partial charge in [-0.2, -0.15) is 0 Å². The Balaban J connectivity index is 0.000000395. The van der Waals surface area contributed by atoms with Gasteiger partial charge in [0.2, 0.25) is 0 Å². The van der Waals surface area contributed by atoms with E-state index >= 15 is 0 Å². The summed E-state index contributed by atoms with van der Waals surface area (Å²) >= 11 is 0. The molecule has 0 saturated carbocycles. The number of carbonyl (C=O) groups is 1. The number of ketones is 1. The van der Waals surface area contributed by atoms with Crippen LogP contribution in [0.2, 0.25) is 0 Å². The second-order valence-electron chi connectivity index (χ2n) is 5.83. The molecule has 1 aromatic heterocycles. The number of hydrogen-bond acceptors (Lipinski definition) is 3. The molecule has 0 saturated heterocycles. The molecular formula is C21H18F2IrNO2-. The fraction of sp³-hybridized carbons (Fsp3) is 0.143. The number of pyridine rings is 1. The number of rotatable bonds is 2. The molecule has 0 amide bonds. The third-order valence-corrected chi connectivity index (χ3v) is 3.38. The van der Waals surface area contributed by atoms with Gasteiger partial charge < -0.3 is 5.11 Å². The van der Waals surface area contributed by atoms with Crippen LogP contribution in [0, 0.1) is 24.6 Å². The van der Waals surface area contributed by atoms with Gasteiger partial charge in [-0.15, -0.1) is 35.4 Å². The van der Waals surface area contributed by atoms with Gasteiger partial charge in [-0.3, -0.25) is 9.78 Å². The van der Waals surface area contributed by atoms with E-state index in [1.54, 1.807) is 12.1 Å². The molecule has 0 aliphatic heterocycles. The summed E-state index contributed by atoms with van der Waals surface area (Å²) < 4.78 is 26.3. The van der Waals surface area contributed by atoms with Crippen molar-refractivity contribution in [2.45, 2.75) is 20.8 Å². The van der Waals surface area contributed by atoms with Crippen LogP contribution in [0.25, 0.3) is 22.2 Å². The fourth-order valence-corrected chi connectivity index (χ4v) is 2.29. The number of aliphatic hydroxyl groups excluding tert-OH is 1. The van der Waals surface area contributed by atoms with Gasteiger partial charge in [0.05, 0.1) is 11.3 Å². The van der Waals surface area contributed by atoms with E-state index in [0.717, 1.165) is 23.3 Å². The number of allylic oxidation sites excluding steroid dienone is 2. The van der Waals surface area contributed by atoms with E-state index < -0.39 is 11.6 Å². The minimum absolute atomic E-state index is 0. The minimum Gasteiger partial charge on any atom is -0.512 e. The Kier molecular flexibility index (Phi) is 8.41. The zero-order valence-electron chi connectivity index (χ0n) is 15.0. The van der Waals surface area contributed by atoms with Gasteiger partial charge in [0, 0.05) is 37.6 Å². The largest absolute Gasteiger partial charge is 0.512 e. The Bertz CT molecular complexity index is 983. The van der Waals surface area contributed by atoms with Gasteiger partial charge in [-0.25, -0.2) is 8.78 Å². The smallest absolute Gasteiger partial charge is 0.160 e. The molecule has 6 heteroatoms. The molecule has 0 bridgehead atoms. The van der Waals surface area contributed by atoms with Crippen LogP contribution in [0.15, 0.2) is 54.3 Å². The van der Waals surface area contributed by atoms with Crippen LogP contribution in [0.5, 0.6) is 0 Å². The summed E-state index contributed by atoms with van der Waals surface area (Å²) in [6.07, 6.45) is 1.17. The van der Waals surface area contributed by atoms with Crippen LogP contribution in [0.3, 0.4) is 0 Å². The van der Waals surface area contributed by atoms with Gasteiger partial charge in [-0.1, -0.05) is 19.1 Å². The number of aromatic nitrogens is 1. The van der Waals surface area contributed by atoms with E-state index in [9.17, 15) is 13.6 Å². The summed E-state index contributed by atoms with van der Waals surface area (Å²) in [7, 11) is 0. The van der Waals surface area contributed by atoms with Crippen molar-refractivity contribution in [3.63, 3.8) is 0 Å². The summed E-state index contributed by atoms with van der Waals surface area (Å²) in [6, 6.07) is 14.6. The maximum Gasteiger partial charge on any atom is 0.160 e. The standard InChI is InChI=1S/C16H10F2N.C5H8O2.Ir/c1-10-3-2-4-11(7-10)15-6-5-12-8-13(17)14(18)9-16(12)19-15;1-4(6)3-5(2)7;/h2-3,5-9H,1H3;3,6H,1-2H3;/q-1;;/b;4-3-;. The zero-order chi connectivity index (χ0) is 19.3. The Morgan fingerprint density at radius 3 is 2.33 bits per heavy atom. The molecule has 1 N–H and O–H groups in total. The van der Waals surface area contributed by atoms with Crippen LogP contribution in [-0.4, -0.2) is 15.9 Å². The zero-order valence-corrected chi connectivity index (χ0v) is 17.4. The molecule has 0 fully saturated rings. The topological polar surface area (TPSA) is 50.2 Å². The van der Waals surface area contributed by atoms with E-state index in [4.69, 9.17) is 5.11 Å². The maximum atomic E-state index is 13.2. The molecule has 27 heavy (non-hydrogen) atoms. The molecule has 0 atom stereocenters. The molecule has 3 rings (SSSR count). The number of nitrogens with zero attached hydrogens (tertiary/aromatic N) is 1. The second kappa shape index (κ2) is 10.0. The second-order valence-corrected chi connectivity index (χ2v) is 5.83. The predicted octanol–water partition coefficient (Wildman–Crippen LogP) is 5.32. The molecular weight excluding hydrogens is 528 g/mol. The van der Waals surface area contributed by atoms with Crippen LogP contribution in [-0.2, 0) is 24.9 Å². The number of benzene rings is 2. The number of halogens is 2. The number of aryl methyl sites for hydroxylation is 1. The molecule has 1 heterocycles. The summed E-state index contributed by atoms with van der Waals surface area (Å²) in [6.45, 7) is 4.83. The van der Waals surface area contributed by atoms with E-state index in [2.05, 4.69) is 11.1 Å². The molecule has 0 aliphatic rings. The average Bonchev–Trinajstić information content (AvgIpc) is 2.55. The molecule has 3 aromatic rings. The molecule has 1 radical (unpaired) electrons. The van der Waals surface area contributed by atoms with Crippen LogP contribution >= 0.6 is 0 Å². The minimum atomic E-state index is -0.884. The van der Waals surface area contributed by atoms with Crippen molar-refractivity contribution in [3.8, 4) is 11.3 Å². The average molecular weight is 547 g/mol. The quantitative estimate of drug-likeness (QED) is 0.269. The van der Waals surface area contributed by atoms with Crippen molar-refractivity contribution in [2.24, 2.45) is 0 Å². The van der Waals surface area contributed by atoms with Crippen molar-refractivity contribution in [1.29, 1.82) is 0 Å². The normalized spacial score (nSPS) is 10.6. The van der Waals surface area contributed by atoms with Gasteiger partial charge in [0.15, 0.2) is 17.4 Å². The number of carbonyl (C=O) groups excluding carboxylic acids is 1. The first-order valence-electron chi connectivity index (χ1n) is 7.88. The van der Waals surface area contributed by atoms with Crippen LogP contribution in [0.1, 0.15) is 19.4 Å². The van der Waals surface area contributed by atoms with Crippen molar-refractivity contribution in [3.05, 3.63) is 77.6 Å². The summed E-state index contributed by atoms with van der Waals surface area (Å²) in [5.41, 5.74) is 3.07. The molecule has 0 aliphatic carbocycles. The molecule has 3 nitrogen and oxygen atoms in total. The van der Waals surface area contributed by atoms with Crippen LogP contribution < -0.4 is 0 Å². The van der Waals surface area contributed by atoms with Gasteiger partial charge in [-0.05, 0) is 25.6 Å². The Morgan fingerprint density at radius 1 is 1.11 bits per heavy atom. The van der Waals surface area contributed by atoms with Gasteiger partial charge >= 0.3 is 0 Å². The first-order chi connectivity index (χ1) is 12.3. The van der Waals surface area contributed by atoms with Crippen molar-refractivity contribution in [2.75, 3.05) is 0 Å². The van der Waals surface area contributed by atoms with E-state index in [1.165, 1.54) is 19.9 Å². The van der Waals surface area contributed by atoms with Gasteiger partial charge in [0.25, 0.3) is 0 Å². The summed E-state index contributed by atoms with van der Waals surface area (Å²) in [5.74, 6) is -1.80. The van der Waals surface area contributed by atoms with E-state index in [1.807, 2.05) is 25.1 Å². The molecule has 143 valence electrons. The summed E-state index contributed by atoms with van der Waals surface area (Å²) in [5, 5.41) is 8.94. The van der Waals surface area contributed by atoms with Crippen molar-refractivity contribution < 1.29 is 38.8 Å². The molecule has 2 aromatic carbocycles. The Hall–Kier alpha value is -2.43. The number of aliphatic hydroxyl groups is 1. The Morgan fingerprint density at radius 2 is 1.78 bits per heavy atom. The first-order valence-corrected chi connectivity index (χ1v) is 7.88. The third kappa shape index (κ3) is 6.66. The third-order valence-electron chi connectivity index (χ3n) is 3.38. The van der Waals surface area contributed by atoms with Crippen molar-refractivity contribution in [1.82, 2.24) is 4.98 Å². The first kappa shape index (κ1) is 22.6.